The Morgan fingerprint density at radius 2 is 1.50 bits per heavy atom. The molecule has 0 nitrogen and oxygen atoms in total. The van der Waals surface area contributed by atoms with E-state index in [1.54, 1.807) is 5.54 Å². The Hall–Kier alpha value is 0.380. The largest absolute Gasteiger partial charge is 0.123 e. The Bertz CT molecular complexity index is 169. The van der Waals surface area contributed by atoms with Crippen molar-refractivity contribution in [3.63, 3.8) is 0 Å². The highest BCUT2D eigenvalue weighted by Gasteiger charge is 2.22. The van der Waals surface area contributed by atoms with Gasteiger partial charge in [-0.3, -0.25) is 0 Å². The van der Waals surface area contributed by atoms with Gasteiger partial charge in [-0.2, -0.15) is 0 Å². The molecule has 2 heteroatoms. The molecule has 0 aromatic heterocycles. The minimum absolute atomic E-state index is 0.166. The van der Waals surface area contributed by atoms with Crippen molar-refractivity contribution in [2.45, 2.75) is 46.3 Å². The topological polar surface area (TPSA) is 0 Å². The summed E-state index contributed by atoms with van der Waals surface area (Å²) in [5, 5.41) is 0. The number of thioether (sulfide) groups is 1. The Labute approximate surface area is 85.8 Å². The average Bonchev–Trinajstić information content (AvgIpc) is 1.78. The average molecular weight is 207 g/mol. The Balaban J connectivity index is 4.43. The first kappa shape index (κ1) is 12.4. The molecule has 0 amide bonds. The molecular formula is C10H19ClS. The van der Waals surface area contributed by atoms with Gasteiger partial charge in [-0.1, -0.05) is 53.1 Å². The minimum Gasteiger partial charge on any atom is -0.123 e. The zero-order chi connectivity index (χ0) is 9.99. The first-order valence-electron chi connectivity index (χ1n) is 4.17. The molecule has 0 heterocycles. The fourth-order valence-corrected chi connectivity index (χ4v) is 2.14. The van der Waals surface area contributed by atoms with Crippen LogP contribution in [0.25, 0.3) is 0 Å². The van der Waals surface area contributed by atoms with E-state index in [1.807, 2.05) is 11.8 Å². The maximum atomic E-state index is 5.78. The van der Waals surface area contributed by atoms with Crippen molar-refractivity contribution in [3.05, 3.63) is 10.4 Å². The van der Waals surface area contributed by atoms with Gasteiger partial charge in [0.1, 0.15) is 0 Å². The summed E-state index contributed by atoms with van der Waals surface area (Å²) >= 11 is 7.61. The van der Waals surface area contributed by atoms with E-state index >= 15 is 0 Å². The summed E-state index contributed by atoms with van der Waals surface area (Å²) in [5.74, 6) is 0. The molecule has 0 spiro atoms. The van der Waals surface area contributed by atoms with Gasteiger partial charge in [-0.15, -0.1) is 11.8 Å². The molecule has 0 fully saturated rings. The van der Waals surface area contributed by atoms with Crippen molar-refractivity contribution in [2.75, 3.05) is 0 Å². The smallest absolute Gasteiger partial charge is 0.0143 e. The van der Waals surface area contributed by atoms with Crippen molar-refractivity contribution in [2.24, 2.45) is 5.41 Å². The van der Waals surface area contributed by atoms with Gasteiger partial charge in [0.25, 0.3) is 0 Å². The van der Waals surface area contributed by atoms with Crippen LogP contribution in [-0.2, 0) is 0 Å². The first-order valence-corrected chi connectivity index (χ1v) is 5.42. The molecule has 0 N–H and O–H groups in total. The van der Waals surface area contributed by atoms with Crippen molar-refractivity contribution >= 4 is 23.4 Å². The normalized spacial score (nSPS) is 15.1. The third-order valence-corrected chi connectivity index (χ3v) is 3.16. The monoisotopic (exact) mass is 206 g/mol. The van der Waals surface area contributed by atoms with Crippen molar-refractivity contribution in [1.82, 2.24) is 0 Å². The predicted molar refractivity (Wildman–Crippen MR) is 60.7 cm³/mol. The van der Waals surface area contributed by atoms with Gasteiger partial charge in [0.05, 0.1) is 0 Å². The lowest BCUT2D eigenvalue weighted by molar-refractivity contribution is 0.532. The van der Waals surface area contributed by atoms with Gasteiger partial charge in [0.15, 0.2) is 0 Å². The van der Waals surface area contributed by atoms with E-state index in [4.69, 9.17) is 11.6 Å². The molecular weight excluding hydrogens is 188 g/mol. The van der Waals surface area contributed by atoms with Crippen LogP contribution in [0.5, 0.6) is 0 Å². The second-order valence-electron chi connectivity index (χ2n) is 4.94. The quantitative estimate of drug-likeness (QED) is 0.602. The van der Waals surface area contributed by atoms with E-state index in [2.05, 4.69) is 41.5 Å². The zero-order valence-corrected chi connectivity index (χ0v) is 10.4. The number of halogens is 1. The molecule has 0 saturated carbocycles. The maximum Gasteiger partial charge on any atom is 0.0143 e. The summed E-state index contributed by atoms with van der Waals surface area (Å²) in [5.41, 5.74) is 1.87. The Kier molecular flexibility index (Phi) is 4.19. The lowest BCUT2D eigenvalue weighted by Gasteiger charge is -2.28. The highest BCUT2D eigenvalue weighted by atomic mass is 35.5. The van der Waals surface area contributed by atoms with Crippen LogP contribution in [0, 0.1) is 5.41 Å². The highest BCUT2D eigenvalue weighted by molar-refractivity contribution is 8.04. The van der Waals surface area contributed by atoms with Crippen LogP contribution in [0.15, 0.2) is 10.4 Å². The van der Waals surface area contributed by atoms with Gasteiger partial charge in [0.2, 0.25) is 0 Å². The van der Waals surface area contributed by atoms with E-state index in [9.17, 15) is 0 Å². The molecule has 0 unspecified atom stereocenters. The van der Waals surface area contributed by atoms with E-state index in [1.165, 1.54) is 4.91 Å². The van der Waals surface area contributed by atoms with Crippen molar-refractivity contribution < 1.29 is 0 Å². The second kappa shape index (κ2) is 4.06. The van der Waals surface area contributed by atoms with Gasteiger partial charge < -0.3 is 0 Å². The number of allylic oxidation sites excluding steroid dienone is 1. The number of hydrogen-bond acceptors (Lipinski definition) is 1. The summed E-state index contributed by atoms with van der Waals surface area (Å²) in [6, 6.07) is 0. The van der Waals surface area contributed by atoms with E-state index in [-0.39, 0.29) is 10.2 Å². The standard InChI is InChI=1S/C10H19ClS/c1-9(2,3)8(7-11)12-10(4,5)6/h7H,1-6H3/b8-7+. The highest BCUT2D eigenvalue weighted by Crippen LogP contribution is 2.41. The molecule has 0 radical (unpaired) electrons. The van der Waals surface area contributed by atoms with Gasteiger partial charge >= 0.3 is 0 Å². The minimum atomic E-state index is 0.166. The van der Waals surface area contributed by atoms with E-state index < -0.39 is 0 Å². The predicted octanol–water partition coefficient (Wildman–Crippen LogP) is 4.64. The van der Waals surface area contributed by atoms with Crippen molar-refractivity contribution in [1.29, 1.82) is 0 Å². The summed E-state index contributed by atoms with van der Waals surface area (Å²) in [6.07, 6.45) is 0. The lowest BCUT2D eigenvalue weighted by atomic mass is 9.97. The van der Waals surface area contributed by atoms with Crippen molar-refractivity contribution in [3.8, 4) is 0 Å². The number of rotatable bonds is 1. The zero-order valence-electron chi connectivity index (χ0n) is 8.86. The van der Waals surface area contributed by atoms with E-state index in [0.29, 0.717) is 0 Å². The van der Waals surface area contributed by atoms with Gasteiger partial charge in [-0.05, 0) is 5.41 Å². The summed E-state index contributed by atoms with van der Waals surface area (Å²) < 4.78 is 0.244. The molecule has 0 saturated heterocycles. The third-order valence-electron chi connectivity index (χ3n) is 1.25. The van der Waals surface area contributed by atoms with Crippen LogP contribution < -0.4 is 0 Å². The van der Waals surface area contributed by atoms with Gasteiger partial charge in [-0.25, -0.2) is 0 Å². The van der Waals surface area contributed by atoms with Crippen LogP contribution in [0.4, 0.5) is 0 Å². The molecule has 72 valence electrons. The molecule has 0 aromatic carbocycles. The Morgan fingerprint density at radius 3 is 1.58 bits per heavy atom. The van der Waals surface area contributed by atoms with Crippen LogP contribution in [0.2, 0.25) is 0 Å². The van der Waals surface area contributed by atoms with E-state index in [0.717, 1.165) is 0 Å². The SMILES string of the molecule is CC(C)(C)S/C(=C/Cl)C(C)(C)C. The van der Waals surface area contributed by atoms with Crippen LogP contribution in [0.3, 0.4) is 0 Å². The molecule has 12 heavy (non-hydrogen) atoms. The molecule has 0 aromatic rings. The van der Waals surface area contributed by atoms with Crippen LogP contribution in [0.1, 0.15) is 41.5 Å². The summed E-state index contributed by atoms with van der Waals surface area (Å²) in [7, 11) is 0. The first-order chi connectivity index (χ1) is 5.17. The maximum absolute atomic E-state index is 5.78. The lowest BCUT2D eigenvalue weighted by Crippen LogP contribution is -2.14. The molecule has 0 atom stereocenters. The third kappa shape index (κ3) is 5.10. The number of hydrogen-bond donors (Lipinski definition) is 0. The molecule has 0 bridgehead atoms. The fourth-order valence-electron chi connectivity index (χ4n) is 0.669. The van der Waals surface area contributed by atoms with Crippen LogP contribution >= 0.6 is 23.4 Å². The summed E-state index contributed by atoms with van der Waals surface area (Å²) in [4.78, 5) is 1.25. The molecule has 0 aliphatic carbocycles. The molecule has 0 rings (SSSR count). The molecule has 0 aliphatic rings. The Morgan fingerprint density at radius 1 is 1.08 bits per heavy atom. The fraction of sp³-hybridized carbons (Fsp3) is 0.800. The van der Waals surface area contributed by atoms with Gasteiger partial charge in [0, 0.05) is 15.2 Å². The summed E-state index contributed by atoms with van der Waals surface area (Å²) in [6.45, 7) is 13.1. The van der Waals surface area contributed by atoms with Crippen LogP contribution in [-0.4, -0.2) is 4.75 Å². The molecule has 0 aliphatic heterocycles. The second-order valence-corrected chi connectivity index (χ2v) is 7.02.